The number of carbonyl (C=O) groups excluding carboxylic acids is 1. The standard InChI is InChI=1S/C28H23ClN2O5/c1-28(2,15-30)20-9-8-17(14-21(20)29)31-25(16-7-10-22-23(13-16)36-12-11-35-22)24(27(33)34)18-5-3-4-6-19(18)26(31)32/h3-10,13-14,24-25H,11-12H2,1-2H3,(H,33,34)/t24-,25+/m0/s1. The van der Waals surface area contributed by atoms with Crippen LogP contribution in [0.3, 0.4) is 0 Å². The second-order valence-corrected chi connectivity index (χ2v) is 9.73. The fraction of sp³-hybridized carbons (Fsp3) is 0.250. The molecule has 2 atom stereocenters. The van der Waals surface area contributed by atoms with Gasteiger partial charge in [-0.3, -0.25) is 14.5 Å². The van der Waals surface area contributed by atoms with Crippen molar-refractivity contribution in [1.82, 2.24) is 0 Å². The number of hydrogen-bond donors (Lipinski definition) is 1. The van der Waals surface area contributed by atoms with E-state index in [9.17, 15) is 20.0 Å². The number of carboxylic acid groups (broad SMARTS) is 1. The second kappa shape index (κ2) is 8.89. The summed E-state index contributed by atoms with van der Waals surface area (Å²) in [4.78, 5) is 28.1. The molecule has 1 N–H and O–H groups in total. The summed E-state index contributed by atoms with van der Waals surface area (Å²) in [6, 6.07) is 18.4. The fourth-order valence-electron chi connectivity index (χ4n) is 4.89. The van der Waals surface area contributed by atoms with Gasteiger partial charge in [0.15, 0.2) is 11.5 Å². The molecule has 0 unspecified atom stereocenters. The van der Waals surface area contributed by atoms with Crippen molar-refractivity contribution in [2.75, 3.05) is 18.1 Å². The summed E-state index contributed by atoms with van der Waals surface area (Å²) >= 11 is 6.61. The summed E-state index contributed by atoms with van der Waals surface area (Å²) in [6.07, 6.45) is 0. The average molecular weight is 503 g/mol. The molecule has 182 valence electrons. The van der Waals surface area contributed by atoms with E-state index < -0.39 is 23.3 Å². The highest BCUT2D eigenvalue weighted by Gasteiger charge is 2.45. The normalized spacial score (nSPS) is 18.8. The molecule has 1 amide bonds. The predicted molar refractivity (Wildman–Crippen MR) is 134 cm³/mol. The molecule has 5 rings (SSSR count). The Kier molecular flexibility index (Phi) is 5.85. The first-order valence-corrected chi connectivity index (χ1v) is 11.9. The molecule has 0 aromatic heterocycles. The van der Waals surface area contributed by atoms with Gasteiger partial charge in [-0.15, -0.1) is 0 Å². The molecular formula is C28H23ClN2O5. The maximum absolute atomic E-state index is 13.9. The Morgan fingerprint density at radius 2 is 1.81 bits per heavy atom. The second-order valence-electron chi connectivity index (χ2n) is 9.33. The van der Waals surface area contributed by atoms with Crippen LogP contribution < -0.4 is 14.4 Å². The van der Waals surface area contributed by atoms with Gasteiger partial charge in [0.2, 0.25) is 0 Å². The number of anilines is 1. The van der Waals surface area contributed by atoms with Crippen LogP contribution in [-0.4, -0.2) is 30.2 Å². The van der Waals surface area contributed by atoms with E-state index >= 15 is 0 Å². The Morgan fingerprint density at radius 1 is 1.08 bits per heavy atom. The van der Waals surface area contributed by atoms with Crippen molar-refractivity contribution in [2.24, 2.45) is 0 Å². The van der Waals surface area contributed by atoms with Crippen molar-refractivity contribution >= 4 is 29.2 Å². The van der Waals surface area contributed by atoms with Gasteiger partial charge in [-0.1, -0.05) is 41.9 Å². The molecule has 0 bridgehead atoms. The third-order valence-electron chi connectivity index (χ3n) is 6.70. The smallest absolute Gasteiger partial charge is 0.313 e. The van der Waals surface area contributed by atoms with Gasteiger partial charge in [0.25, 0.3) is 5.91 Å². The molecule has 0 saturated heterocycles. The minimum Gasteiger partial charge on any atom is -0.486 e. The van der Waals surface area contributed by atoms with E-state index in [4.69, 9.17) is 21.1 Å². The quantitative estimate of drug-likeness (QED) is 0.507. The third kappa shape index (κ3) is 3.84. The first-order chi connectivity index (χ1) is 17.2. The lowest BCUT2D eigenvalue weighted by molar-refractivity contribution is -0.139. The summed E-state index contributed by atoms with van der Waals surface area (Å²) in [6.45, 7) is 4.32. The molecule has 0 fully saturated rings. The number of hydrogen-bond acceptors (Lipinski definition) is 5. The number of halogens is 1. The molecule has 36 heavy (non-hydrogen) atoms. The molecule has 3 aromatic rings. The first-order valence-electron chi connectivity index (χ1n) is 11.5. The van der Waals surface area contributed by atoms with Crippen molar-refractivity contribution in [3.05, 3.63) is 87.9 Å². The molecule has 2 aliphatic rings. The van der Waals surface area contributed by atoms with Crippen LogP contribution in [0.25, 0.3) is 0 Å². The molecule has 2 heterocycles. The lowest BCUT2D eigenvalue weighted by Gasteiger charge is -2.41. The largest absolute Gasteiger partial charge is 0.486 e. The minimum absolute atomic E-state index is 0.316. The van der Waals surface area contributed by atoms with E-state index in [0.717, 1.165) is 0 Å². The van der Waals surface area contributed by atoms with E-state index in [-0.39, 0.29) is 5.91 Å². The molecule has 0 spiro atoms. The summed E-state index contributed by atoms with van der Waals surface area (Å²) in [5.41, 5.74) is 1.56. The van der Waals surface area contributed by atoms with Crippen molar-refractivity contribution in [3.8, 4) is 17.6 Å². The van der Waals surface area contributed by atoms with Crippen LogP contribution in [0.2, 0.25) is 5.02 Å². The van der Waals surface area contributed by atoms with Crippen LogP contribution in [0, 0.1) is 11.3 Å². The highest BCUT2D eigenvalue weighted by atomic mass is 35.5. The van der Waals surface area contributed by atoms with E-state index in [1.54, 1.807) is 74.5 Å². The van der Waals surface area contributed by atoms with Gasteiger partial charge in [-0.05, 0) is 60.9 Å². The van der Waals surface area contributed by atoms with Gasteiger partial charge in [0, 0.05) is 16.3 Å². The zero-order chi connectivity index (χ0) is 25.6. The molecule has 3 aromatic carbocycles. The van der Waals surface area contributed by atoms with Gasteiger partial charge in [-0.2, -0.15) is 5.26 Å². The van der Waals surface area contributed by atoms with Crippen LogP contribution in [-0.2, 0) is 10.2 Å². The van der Waals surface area contributed by atoms with Crippen molar-refractivity contribution in [3.63, 3.8) is 0 Å². The van der Waals surface area contributed by atoms with Gasteiger partial charge >= 0.3 is 5.97 Å². The topological polar surface area (TPSA) is 99.9 Å². The van der Waals surface area contributed by atoms with Gasteiger partial charge < -0.3 is 14.6 Å². The number of amides is 1. The van der Waals surface area contributed by atoms with E-state index in [0.29, 0.717) is 57.7 Å². The zero-order valence-electron chi connectivity index (χ0n) is 19.7. The Bertz CT molecular complexity index is 1430. The van der Waals surface area contributed by atoms with Crippen LogP contribution >= 0.6 is 11.6 Å². The SMILES string of the molecule is CC(C)(C#N)c1ccc(N2C(=O)c3ccccc3[C@H](C(=O)O)[C@H]2c2ccc3c(c2)OCCO3)cc1Cl. The van der Waals surface area contributed by atoms with Crippen LogP contribution in [0.15, 0.2) is 60.7 Å². The zero-order valence-corrected chi connectivity index (χ0v) is 20.5. The Hall–Kier alpha value is -4.02. The summed E-state index contributed by atoms with van der Waals surface area (Å²) < 4.78 is 11.4. The number of benzene rings is 3. The predicted octanol–water partition coefficient (Wildman–Crippen LogP) is 5.48. The fourth-order valence-corrected chi connectivity index (χ4v) is 5.30. The monoisotopic (exact) mass is 502 g/mol. The molecule has 7 nitrogen and oxygen atoms in total. The molecule has 8 heteroatoms. The van der Waals surface area contributed by atoms with Crippen molar-refractivity contribution in [2.45, 2.75) is 31.2 Å². The summed E-state index contributed by atoms with van der Waals surface area (Å²) in [5, 5.41) is 20.3. The number of ether oxygens (including phenoxy) is 2. The summed E-state index contributed by atoms with van der Waals surface area (Å²) in [5.74, 6) is -1.38. The molecule has 0 saturated carbocycles. The van der Waals surface area contributed by atoms with Crippen LogP contribution in [0.1, 0.15) is 52.9 Å². The van der Waals surface area contributed by atoms with E-state index in [1.807, 2.05) is 0 Å². The highest BCUT2D eigenvalue weighted by molar-refractivity contribution is 6.32. The average Bonchev–Trinajstić information content (AvgIpc) is 2.87. The van der Waals surface area contributed by atoms with Crippen molar-refractivity contribution < 1.29 is 24.2 Å². The Balaban J connectivity index is 1.72. The number of aliphatic carboxylic acids is 1. The maximum Gasteiger partial charge on any atom is 0.313 e. The molecular weight excluding hydrogens is 480 g/mol. The minimum atomic E-state index is -1.06. The van der Waals surface area contributed by atoms with Crippen LogP contribution in [0.4, 0.5) is 5.69 Å². The van der Waals surface area contributed by atoms with Crippen LogP contribution in [0.5, 0.6) is 11.5 Å². The van der Waals surface area contributed by atoms with Crippen molar-refractivity contribution in [1.29, 1.82) is 5.26 Å². The third-order valence-corrected chi connectivity index (χ3v) is 7.01. The van der Waals surface area contributed by atoms with Gasteiger partial charge in [-0.25, -0.2) is 0 Å². The first kappa shape index (κ1) is 23.7. The summed E-state index contributed by atoms with van der Waals surface area (Å²) in [7, 11) is 0. The number of fused-ring (bicyclic) bond motifs is 2. The lowest BCUT2D eigenvalue weighted by atomic mass is 9.79. The number of carboxylic acids is 1. The number of rotatable bonds is 4. The number of nitriles is 1. The maximum atomic E-state index is 13.9. The lowest BCUT2D eigenvalue weighted by Crippen LogP contribution is -2.45. The van der Waals surface area contributed by atoms with Gasteiger partial charge in [0.05, 0.1) is 17.5 Å². The molecule has 2 aliphatic heterocycles. The van der Waals surface area contributed by atoms with E-state index in [2.05, 4.69) is 6.07 Å². The number of nitrogens with zero attached hydrogens (tertiary/aromatic N) is 2. The Labute approximate surface area is 213 Å². The van der Waals surface area contributed by atoms with E-state index in [1.165, 1.54) is 4.90 Å². The van der Waals surface area contributed by atoms with Gasteiger partial charge in [0.1, 0.15) is 19.1 Å². The molecule has 0 radical (unpaired) electrons. The number of carbonyl (C=O) groups is 2. The Morgan fingerprint density at radius 3 is 2.50 bits per heavy atom. The molecule has 0 aliphatic carbocycles. The highest BCUT2D eigenvalue weighted by Crippen LogP contribution is 2.47.